The van der Waals surface area contributed by atoms with Crippen LogP contribution in [0.5, 0.6) is 0 Å². The Kier molecular flexibility index (Phi) is 5.98. The Balaban J connectivity index is 1.14. The van der Waals surface area contributed by atoms with Gasteiger partial charge in [0.2, 0.25) is 0 Å². The molecule has 0 spiro atoms. The van der Waals surface area contributed by atoms with E-state index in [1.54, 1.807) is 0 Å². The van der Waals surface area contributed by atoms with Crippen LogP contribution >= 0.6 is 0 Å². The average Bonchev–Trinajstić information content (AvgIpc) is 3.76. The first kappa shape index (κ1) is 31.0. The maximum atomic E-state index is 2.53. The second kappa shape index (κ2) is 10.6. The van der Waals surface area contributed by atoms with Crippen LogP contribution in [0, 0.1) is 0 Å². The number of nitrogens with zero attached hydrogens (tertiary/aromatic N) is 1. The molecule has 1 nitrogen and oxygen atoms in total. The highest BCUT2D eigenvalue weighted by Crippen LogP contribution is 2.52. The molecule has 0 saturated heterocycles. The largest absolute Gasteiger partial charge is 0.309 e. The summed E-state index contributed by atoms with van der Waals surface area (Å²) >= 11 is 0. The van der Waals surface area contributed by atoms with E-state index in [0.717, 1.165) is 0 Å². The van der Waals surface area contributed by atoms with Gasteiger partial charge in [0.1, 0.15) is 0 Å². The molecule has 1 aromatic heterocycles. The molecule has 9 aromatic carbocycles. The minimum Gasteiger partial charge on any atom is -0.309 e. The second-order valence-electron chi connectivity index (χ2n) is 16.9. The first-order valence-corrected chi connectivity index (χ1v) is 19.6. The van der Waals surface area contributed by atoms with Crippen LogP contribution in [0.2, 0.25) is 0 Å². The summed E-state index contributed by atoms with van der Waals surface area (Å²) in [7, 11) is 0. The van der Waals surface area contributed by atoms with Crippen molar-refractivity contribution in [1.82, 2.24) is 4.57 Å². The van der Waals surface area contributed by atoms with Crippen molar-refractivity contribution in [3.05, 3.63) is 186 Å². The first-order chi connectivity index (χ1) is 26.8. The molecule has 0 bridgehead atoms. The minimum absolute atomic E-state index is 0.0472. The molecule has 0 amide bonds. The van der Waals surface area contributed by atoms with E-state index in [2.05, 4.69) is 196 Å². The molecular weight excluding hydrogens is 663 g/mol. The lowest BCUT2D eigenvalue weighted by Gasteiger charge is -2.22. The lowest BCUT2D eigenvalue weighted by Crippen LogP contribution is -2.14. The maximum absolute atomic E-state index is 2.53. The third kappa shape index (κ3) is 4.03. The zero-order valence-electron chi connectivity index (χ0n) is 31.5. The molecule has 12 rings (SSSR count). The zero-order valence-corrected chi connectivity index (χ0v) is 31.5. The van der Waals surface area contributed by atoms with Crippen LogP contribution in [0.25, 0.3) is 93.2 Å². The van der Waals surface area contributed by atoms with Crippen LogP contribution < -0.4 is 0 Å². The molecule has 0 aliphatic heterocycles. The van der Waals surface area contributed by atoms with Gasteiger partial charge in [0.25, 0.3) is 0 Å². The third-order valence-corrected chi connectivity index (χ3v) is 13.4. The SMILES string of the molecule is CC1(C)c2ccccc2-c2ccc(-c3ccc4c(c3)c3cc5c(cc3n4-c3ccc4c6ccccc6c6ccccc6c4c3)C(C)(C)c3ccccc3-5)cc21. The van der Waals surface area contributed by atoms with E-state index < -0.39 is 0 Å². The lowest BCUT2D eigenvalue weighted by atomic mass is 9.81. The lowest BCUT2D eigenvalue weighted by molar-refractivity contribution is 0.660. The first-order valence-electron chi connectivity index (χ1n) is 19.6. The van der Waals surface area contributed by atoms with E-state index in [1.807, 2.05) is 0 Å². The van der Waals surface area contributed by atoms with Crippen molar-refractivity contribution in [1.29, 1.82) is 0 Å². The molecule has 0 unspecified atom stereocenters. The Morgan fingerprint density at radius 1 is 0.309 bits per heavy atom. The number of hydrogen-bond acceptors (Lipinski definition) is 0. The molecule has 2 aliphatic rings. The van der Waals surface area contributed by atoms with Crippen molar-refractivity contribution < 1.29 is 0 Å². The van der Waals surface area contributed by atoms with Crippen molar-refractivity contribution in [2.45, 2.75) is 38.5 Å². The third-order valence-electron chi connectivity index (χ3n) is 13.4. The van der Waals surface area contributed by atoms with Gasteiger partial charge in [0, 0.05) is 27.3 Å². The maximum Gasteiger partial charge on any atom is 0.0544 e. The highest BCUT2D eigenvalue weighted by molar-refractivity contribution is 6.25. The Hall–Kier alpha value is -6.44. The van der Waals surface area contributed by atoms with Gasteiger partial charge in [-0.15, -0.1) is 0 Å². The molecule has 2 aliphatic carbocycles. The van der Waals surface area contributed by atoms with Crippen molar-refractivity contribution >= 4 is 54.1 Å². The van der Waals surface area contributed by atoms with E-state index in [1.165, 1.54) is 115 Å². The summed E-state index contributed by atoms with van der Waals surface area (Å²) in [6.45, 7) is 9.51. The van der Waals surface area contributed by atoms with E-state index in [0.29, 0.717) is 0 Å². The summed E-state index contributed by atoms with van der Waals surface area (Å²) in [6.07, 6.45) is 0. The van der Waals surface area contributed by atoms with Crippen LogP contribution in [0.3, 0.4) is 0 Å². The number of aromatic nitrogens is 1. The van der Waals surface area contributed by atoms with Gasteiger partial charge in [0.05, 0.1) is 11.0 Å². The van der Waals surface area contributed by atoms with Crippen LogP contribution in [0.1, 0.15) is 49.9 Å². The molecule has 0 N–H and O–H groups in total. The van der Waals surface area contributed by atoms with Gasteiger partial charge in [-0.1, -0.05) is 149 Å². The van der Waals surface area contributed by atoms with Gasteiger partial charge in [-0.25, -0.2) is 0 Å². The Labute approximate surface area is 321 Å². The van der Waals surface area contributed by atoms with Crippen LogP contribution in [-0.2, 0) is 10.8 Å². The van der Waals surface area contributed by atoms with Gasteiger partial charge < -0.3 is 4.57 Å². The molecule has 1 heteroatoms. The molecule has 1 heterocycles. The topological polar surface area (TPSA) is 4.93 Å². The average molecular weight is 702 g/mol. The highest BCUT2D eigenvalue weighted by atomic mass is 15.0. The molecule has 260 valence electrons. The molecule has 0 radical (unpaired) electrons. The number of fused-ring (bicyclic) bond motifs is 15. The van der Waals surface area contributed by atoms with Crippen LogP contribution in [0.15, 0.2) is 164 Å². The van der Waals surface area contributed by atoms with E-state index in [4.69, 9.17) is 0 Å². The van der Waals surface area contributed by atoms with Gasteiger partial charge in [-0.3, -0.25) is 0 Å². The quantitative estimate of drug-likeness (QED) is 0.158. The Morgan fingerprint density at radius 3 is 1.47 bits per heavy atom. The van der Waals surface area contributed by atoms with Crippen LogP contribution in [-0.4, -0.2) is 4.57 Å². The van der Waals surface area contributed by atoms with E-state index in [-0.39, 0.29) is 10.8 Å². The fraction of sp³-hybridized carbons (Fsp3) is 0.111. The standard InChI is InChI=1S/C54H39N/c1-53(2)47-19-11-9-17-40(47)42-24-21-33(28-49(42)53)32-22-26-51-45(27-32)46-30-44-41-18-10-12-20-48(41)54(3,4)50(44)31-52(46)55(51)34-23-25-39-37-15-6-5-13-35(37)36-14-7-8-16-38(36)43(39)29-34/h5-31H,1-4H3. The molecule has 0 fully saturated rings. The molecule has 10 aromatic rings. The minimum atomic E-state index is -0.0974. The van der Waals surface area contributed by atoms with Crippen molar-refractivity contribution in [3.63, 3.8) is 0 Å². The van der Waals surface area contributed by atoms with Crippen molar-refractivity contribution in [2.75, 3.05) is 0 Å². The predicted molar refractivity (Wildman–Crippen MR) is 234 cm³/mol. The summed E-state index contributed by atoms with van der Waals surface area (Å²) in [5.74, 6) is 0. The second-order valence-corrected chi connectivity index (χ2v) is 16.9. The summed E-state index contributed by atoms with van der Waals surface area (Å²) in [5.41, 5.74) is 17.1. The van der Waals surface area contributed by atoms with Crippen LogP contribution in [0.4, 0.5) is 0 Å². The Morgan fingerprint density at radius 2 is 0.800 bits per heavy atom. The van der Waals surface area contributed by atoms with Gasteiger partial charge >= 0.3 is 0 Å². The van der Waals surface area contributed by atoms with Gasteiger partial charge in [-0.05, 0) is 130 Å². The molecular formula is C54H39N. The summed E-state index contributed by atoms with van der Waals surface area (Å²) in [6, 6.07) is 62.1. The smallest absolute Gasteiger partial charge is 0.0544 e. The summed E-state index contributed by atoms with van der Waals surface area (Å²) < 4.78 is 2.53. The van der Waals surface area contributed by atoms with Crippen molar-refractivity contribution in [2.24, 2.45) is 0 Å². The monoisotopic (exact) mass is 701 g/mol. The number of rotatable bonds is 2. The summed E-state index contributed by atoms with van der Waals surface area (Å²) in [4.78, 5) is 0. The van der Waals surface area contributed by atoms with E-state index >= 15 is 0 Å². The zero-order chi connectivity index (χ0) is 36.8. The fourth-order valence-corrected chi connectivity index (χ4v) is 10.6. The van der Waals surface area contributed by atoms with Crippen molar-refractivity contribution in [3.8, 4) is 39.1 Å². The summed E-state index contributed by atoms with van der Waals surface area (Å²) in [5, 5.41) is 10.3. The van der Waals surface area contributed by atoms with Gasteiger partial charge in [-0.2, -0.15) is 0 Å². The normalized spacial score (nSPS) is 14.8. The molecule has 0 atom stereocenters. The van der Waals surface area contributed by atoms with E-state index in [9.17, 15) is 0 Å². The predicted octanol–water partition coefficient (Wildman–Crippen LogP) is 14.5. The molecule has 0 saturated carbocycles. The number of benzene rings is 9. The number of hydrogen-bond donors (Lipinski definition) is 0. The Bertz CT molecular complexity index is 3280. The highest BCUT2D eigenvalue weighted by Gasteiger charge is 2.37. The van der Waals surface area contributed by atoms with Gasteiger partial charge in [0.15, 0.2) is 0 Å². The molecule has 55 heavy (non-hydrogen) atoms. The fourth-order valence-electron chi connectivity index (χ4n) is 10.6.